The van der Waals surface area contributed by atoms with Crippen LogP contribution in [-0.2, 0) is 16.8 Å². The molecular formula is C22H28F4N4O2S. The molecule has 2 aromatic rings. The Hall–Kier alpha value is -2.24. The monoisotopic (exact) mass is 488 g/mol. The van der Waals surface area contributed by atoms with Gasteiger partial charge in [0, 0.05) is 34.3 Å². The van der Waals surface area contributed by atoms with Gasteiger partial charge in [-0.1, -0.05) is 6.07 Å². The van der Waals surface area contributed by atoms with Crippen molar-refractivity contribution in [3.63, 3.8) is 0 Å². The lowest BCUT2D eigenvalue weighted by atomic mass is 9.74. The molecule has 1 aliphatic heterocycles. The third kappa shape index (κ3) is 5.64. The zero-order valence-corrected chi connectivity index (χ0v) is 19.5. The van der Waals surface area contributed by atoms with Crippen molar-refractivity contribution in [2.75, 3.05) is 13.1 Å². The van der Waals surface area contributed by atoms with Gasteiger partial charge in [-0.15, -0.1) is 11.3 Å². The zero-order valence-electron chi connectivity index (χ0n) is 18.7. The van der Waals surface area contributed by atoms with Crippen LogP contribution in [0, 0.1) is 17.5 Å². The summed E-state index contributed by atoms with van der Waals surface area (Å²) in [5.41, 5.74) is -0.234. The van der Waals surface area contributed by atoms with Gasteiger partial charge in [0.15, 0.2) is 5.13 Å². The van der Waals surface area contributed by atoms with Crippen LogP contribution < -0.4 is 11.2 Å². The Morgan fingerprint density at radius 2 is 2.06 bits per heavy atom. The minimum Gasteiger partial charge on any atom is -0.357 e. The van der Waals surface area contributed by atoms with Crippen LogP contribution in [0.1, 0.15) is 42.8 Å². The maximum atomic E-state index is 14.2. The molecule has 11 heteroatoms. The van der Waals surface area contributed by atoms with Crippen LogP contribution in [0.2, 0.25) is 0 Å². The summed E-state index contributed by atoms with van der Waals surface area (Å²) in [4.78, 5) is 22.7. The standard InChI is InChI=1S/C22H28F4N4O2S/c1-14-4-5-15(12-28-14)20(2,3)30-11-10-21(13-30,9-8-16-6-7-17(23)33-16)18(22(24,25)26)29-19(31)32-27/h4-7,12,18H,8-11,13,27H2,1-3H3,(H,29,31). The lowest BCUT2D eigenvalue weighted by Gasteiger charge is -2.41. The first-order valence-corrected chi connectivity index (χ1v) is 11.4. The predicted molar refractivity (Wildman–Crippen MR) is 117 cm³/mol. The summed E-state index contributed by atoms with van der Waals surface area (Å²) in [6.07, 6.45) is -3.82. The molecule has 0 spiro atoms. The summed E-state index contributed by atoms with van der Waals surface area (Å²) in [6.45, 7) is 6.19. The van der Waals surface area contributed by atoms with Crippen molar-refractivity contribution >= 4 is 17.4 Å². The van der Waals surface area contributed by atoms with Crippen molar-refractivity contribution < 1.29 is 27.2 Å². The number of likely N-dealkylation sites (tertiary alicyclic amines) is 1. The number of nitrogens with one attached hydrogen (secondary N) is 1. The number of carbonyl (C=O) groups is 1. The highest BCUT2D eigenvalue weighted by molar-refractivity contribution is 7.10. The van der Waals surface area contributed by atoms with E-state index in [1.807, 2.05) is 43.1 Å². The molecule has 1 fully saturated rings. The van der Waals surface area contributed by atoms with Crippen molar-refractivity contribution in [2.24, 2.45) is 11.3 Å². The first-order valence-electron chi connectivity index (χ1n) is 10.5. The molecule has 0 saturated carbocycles. The Bertz CT molecular complexity index is 964. The minimum atomic E-state index is -4.74. The number of carbonyl (C=O) groups excluding carboxylic acids is 1. The molecule has 2 unspecified atom stereocenters. The van der Waals surface area contributed by atoms with E-state index in [1.165, 1.54) is 6.07 Å². The molecule has 2 aromatic heterocycles. The second kappa shape index (κ2) is 9.55. The summed E-state index contributed by atoms with van der Waals surface area (Å²) in [5, 5.41) is 1.54. The van der Waals surface area contributed by atoms with E-state index < -0.39 is 34.4 Å². The Labute approximate surface area is 194 Å². The predicted octanol–water partition coefficient (Wildman–Crippen LogP) is 4.68. The van der Waals surface area contributed by atoms with Gasteiger partial charge in [-0.05, 0) is 70.3 Å². The van der Waals surface area contributed by atoms with E-state index in [0.717, 1.165) is 22.6 Å². The smallest absolute Gasteiger partial charge is 0.357 e. The van der Waals surface area contributed by atoms with Gasteiger partial charge in [0.1, 0.15) is 6.04 Å². The number of pyridine rings is 1. The Balaban J connectivity index is 1.94. The average molecular weight is 489 g/mol. The van der Waals surface area contributed by atoms with Crippen molar-refractivity contribution in [3.05, 3.63) is 51.7 Å². The van der Waals surface area contributed by atoms with Gasteiger partial charge >= 0.3 is 12.3 Å². The molecule has 6 nitrogen and oxygen atoms in total. The molecule has 3 heterocycles. The number of rotatable bonds is 7. The van der Waals surface area contributed by atoms with E-state index in [9.17, 15) is 22.4 Å². The minimum absolute atomic E-state index is 0.0662. The van der Waals surface area contributed by atoms with Crippen molar-refractivity contribution in [1.29, 1.82) is 0 Å². The Morgan fingerprint density at radius 1 is 1.33 bits per heavy atom. The summed E-state index contributed by atoms with van der Waals surface area (Å²) in [6, 6.07) is 4.48. The maximum absolute atomic E-state index is 14.2. The van der Waals surface area contributed by atoms with Crippen LogP contribution in [-0.4, -0.2) is 41.3 Å². The third-order valence-corrected chi connectivity index (χ3v) is 7.53. The molecule has 0 aromatic carbocycles. The first-order chi connectivity index (χ1) is 15.4. The number of thiophene rings is 1. The van der Waals surface area contributed by atoms with Crippen LogP contribution in [0.25, 0.3) is 0 Å². The molecule has 3 N–H and O–H groups in total. The first kappa shape index (κ1) is 25.4. The van der Waals surface area contributed by atoms with E-state index in [0.29, 0.717) is 11.4 Å². The Kier molecular flexibility index (Phi) is 7.35. The number of hydrogen-bond donors (Lipinski definition) is 2. The molecule has 33 heavy (non-hydrogen) atoms. The van der Waals surface area contributed by atoms with Crippen LogP contribution in [0.15, 0.2) is 30.5 Å². The third-order valence-electron chi connectivity index (χ3n) is 6.60. The lowest BCUT2D eigenvalue weighted by molar-refractivity contribution is -0.182. The fourth-order valence-electron chi connectivity index (χ4n) is 4.56. The number of nitrogens with two attached hydrogens (primary N) is 1. The van der Waals surface area contributed by atoms with Crippen LogP contribution in [0.5, 0.6) is 0 Å². The number of aromatic nitrogens is 1. The number of nitrogens with zero attached hydrogens (tertiary/aromatic N) is 2. The topological polar surface area (TPSA) is 80.5 Å². The van der Waals surface area contributed by atoms with E-state index in [4.69, 9.17) is 5.90 Å². The highest BCUT2D eigenvalue weighted by Gasteiger charge is 2.58. The van der Waals surface area contributed by atoms with E-state index in [-0.39, 0.29) is 25.8 Å². The number of alkyl halides is 3. The van der Waals surface area contributed by atoms with Crippen molar-refractivity contribution in [3.8, 4) is 0 Å². The van der Waals surface area contributed by atoms with E-state index >= 15 is 0 Å². The van der Waals surface area contributed by atoms with Gasteiger partial charge in [0.05, 0.1) is 0 Å². The second-order valence-electron chi connectivity index (χ2n) is 9.01. The van der Waals surface area contributed by atoms with Crippen LogP contribution in [0.4, 0.5) is 22.4 Å². The molecule has 2 atom stereocenters. The van der Waals surface area contributed by atoms with Gasteiger partial charge in [0.2, 0.25) is 0 Å². The van der Waals surface area contributed by atoms with Crippen LogP contribution >= 0.6 is 11.3 Å². The van der Waals surface area contributed by atoms with Crippen molar-refractivity contribution in [1.82, 2.24) is 15.2 Å². The fraction of sp³-hybridized carbons (Fsp3) is 0.545. The average Bonchev–Trinajstić information content (AvgIpc) is 3.37. The molecule has 1 amide bonds. The number of amides is 1. The molecule has 0 radical (unpaired) electrons. The Morgan fingerprint density at radius 3 is 2.61 bits per heavy atom. The summed E-state index contributed by atoms with van der Waals surface area (Å²) in [5.74, 6) is 4.82. The van der Waals surface area contributed by atoms with Crippen LogP contribution in [0.3, 0.4) is 0 Å². The highest BCUT2D eigenvalue weighted by atomic mass is 32.1. The van der Waals surface area contributed by atoms with Gasteiger partial charge in [-0.2, -0.15) is 23.5 Å². The summed E-state index contributed by atoms with van der Waals surface area (Å²) < 4.78 is 56.2. The quantitative estimate of drug-likeness (QED) is 0.437. The molecule has 0 bridgehead atoms. The van der Waals surface area contributed by atoms with Gasteiger partial charge in [-0.3, -0.25) is 9.88 Å². The van der Waals surface area contributed by atoms with Crippen molar-refractivity contribution in [2.45, 2.75) is 57.8 Å². The highest BCUT2D eigenvalue weighted by Crippen LogP contribution is 2.48. The SMILES string of the molecule is Cc1ccc(C(C)(C)N2CCC(CCc3ccc(F)s3)(C(NC(=O)ON)C(F)(F)F)C2)cn1. The van der Waals surface area contributed by atoms with E-state index in [2.05, 4.69) is 9.82 Å². The molecule has 182 valence electrons. The zero-order chi connectivity index (χ0) is 24.4. The molecule has 0 aliphatic carbocycles. The molecule has 3 rings (SSSR count). The largest absolute Gasteiger partial charge is 0.426 e. The normalized spacial score (nSPS) is 20.6. The van der Waals surface area contributed by atoms with E-state index in [1.54, 1.807) is 12.3 Å². The second-order valence-corrected chi connectivity index (χ2v) is 10.1. The van der Waals surface area contributed by atoms with Gasteiger partial charge in [-0.25, -0.2) is 4.79 Å². The molecular weight excluding hydrogens is 460 g/mol. The van der Waals surface area contributed by atoms with Gasteiger partial charge in [0.25, 0.3) is 0 Å². The number of aryl methyl sites for hydroxylation is 2. The molecule has 1 saturated heterocycles. The summed E-state index contributed by atoms with van der Waals surface area (Å²) >= 11 is 0.910. The molecule has 1 aliphatic rings. The number of hydrogen-bond acceptors (Lipinski definition) is 6. The lowest BCUT2D eigenvalue weighted by Crippen LogP contribution is -2.58. The summed E-state index contributed by atoms with van der Waals surface area (Å²) in [7, 11) is 0. The number of halogens is 4. The fourth-order valence-corrected chi connectivity index (χ4v) is 5.29. The van der Waals surface area contributed by atoms with Gasteiger partial charge < -0.3 is 10.2 Å². The maximum Gasteiger partial charge on any atom is 0.426 e.